The Labute approximate surface area is 133 Å². The summed E-state index contributed by atoms with van der Waals surface area (Å²) in [5.41, 5.74) is 1.14. The molecule has 1 aromatic carbocycles. The molecule has 5 heteroatoms. The van der Waals surface area contributed by atoms with Crippen molar-refractivity contribution in [2.75, 3.05) is 0 Å². The molecule has 2 N–H and O–H groups in total. The summed E-state index contributed by atoms with van der Waals surface area (Å²) in [5, 5.41) is 11.7. The molecule has 2 rings (SSSR count). The van der Waals surface area contributed by atoms with Gasteiger partial charge in [0.2, 0.25) is 0 Å². The maximum absolute atomic E-state index is 12.1. The molecule has 116 valence electrons. The fraction of sp³-hybridized carbons (Fsp3) is 0.294. The van der Waals surface area contributed by atoms with Crippen LogP contribution in [-0.4, -0.2) is 17.0 Å². The summed E-state index contributed by atoms with van der Waals surface area (Å²) in [6.45, 7) is 6.72. The Morgan fingerprint density at radius 2 is 1.73 bits per heavy atom. The fourth-order valence-electron chi connectivity index (χ4n) is 1.90. The molecule has 0 aliphatic rings. The van der Waals surface area contributed by atoms with Gasteiger partial charge in [0.15, 0.2) is 0 Å². The molecule has 22 heavy (non-hydrogen) atoms. The number of benzene rings is 1. The van der Waals surface area contributed by atoms with E-state index in [0.29, 0.717) is 11.4 Å². The molecule has 0 saturated carbocycles. The van der Waals surface area contributed by atoms with Gasteiger partial charge in [0.05, 0.1) is 10.4 Å². The zero-order valence-corrected chi connectivity index (χ0v) is 13.7. The second-order valence-electron chi connectivity index (χ2n) is 6.10. The van der Waals surface area contributed by atoms with Gasteiger partial charge in [-0.05, 0) is 35.2 Å². The summed E-state index contributed by atoms with van der Waals surface area (Å²) in [6, 6.07) is 10.3. The Kier molecular flexibility index (Phi) is 4.66. The molecule has 0 bridgehead atoms. The second kappa shape index (κ2) is 6.32. The van der Waals surface area contributed by atoms with Crippen LogP contribution < -0.4 is 5.32 Å². The molecular formula is C17H19NO3S. The SMILES string of the molecule is CC(C)(C)c1ccc(C(=O)NCc2ccc(C(=O)O)cc2)s1. The van der Waals surface area contributed by atoms with E-state index < -0.39 is 5.97 Å². The molecule has 4 nitrogen and oxygen atoms in total. The molecule has 0 aliphatic carbocycles. The van der Waals surface area contributed by atoms with Crippen LogP contribution >= 0.6 is 11.3 Å². The van der Waals surface area contributed by atoms with Gasteiger partial charge < -0.3 is 10.4 Å². The van der Waals surface area contributed by atoms with Gasteiger partial charge >= 0.3 is 5.97 Å². The van der Waals surface area contributed by atoms with Crippen LogP contribution in [0.5, 0.6) is 0 Å². The number of aromatic carboxylic acids is 1. The summed E-state index contributed by atoms with van der Waals surface area (Å²) in [6.07, 6.45) is 0. The Bertz CT molecular complexity index is 681. The zero-order chi connectivity index (χ0) is 16.3. The predicted octanol–water partition coefficient (Wildman–Crippen LogP) is 3.67. The van der Waals surface area contributed by atoms with Crippen molar-refractivity contribution in [2.24, 2.45) is 0 Å². The molecule has 1 amide bonds. The maximum Gasteiger partial charge on any atom is 0.335 e. The number of carboxylic acid groups (broad SMARTS) is 1. The maximum atomic E-state index is 12.1. The van der Waals surface area contributed by atoms with E-state index in [2.05, 4.69) is 26.1 Å². The van der Waals surface area contributed by atoms with Crippen molar-refractivity contribution < 1.29 is 14.7 Å². The molecule has 0 spiro atoms. The lowest BCUT2D eigenvalue weighted by atomic mass is 9.95. The van der Waals surface area contributed by atoms with Crippen molar-refractivity contribution in [1.82, 2.24) is 5.32 Å². The van der Waals surface area contributed by atoms with E-state index in [1.807, 2.05) is 12.1 Å². The molecule has 0 radical (unpaired) electrons. The number of thiophene rings is 1. The number of hydrogen-bond acceptors (Lipinski definition) is 3. The first-order valence-corrected chi connectivity index (χ1v) is 7.80. The zero-order valence-electron chi connectivity index (χ0n) is 12.8. The highest BCUT2D eigenvalue weighted by Crippen LogP contribution is 2.29. The number of amides is 1. The lowest BCUT2D eigenvalue weighted by molar-refractivity contribution is 0.0696. The molecule has 0 aliphatic heterocycles. The number of carboxylic acids is 1. The van der Waals surface area contributed by atoms with Crippen molar-refractivity contribution in [2.45, 2.75) is 32.7 Å². The average molecular weight is 317 g/mol. The van der Waals surface area contributed by atoms with Crippen molar-refractivity contribution in [3.8, 4) is 0 Å². The number of carbonyl (C=O) groups excluding carboxylic acids is 1. The molecule has 1 heterocycles. The molecular weight excluding hydrogens is 298 g/mol. The molecule has 0 atom stereocenters. The number of rotatable bonds is 4. The topological polar surface area (TPSA) is 66.4 Å². The Balaban J connectivity index is 1.98. The van der Waals surface area contributed by atoms with Crippen LogP contribution in [0.25, 0.3) is 0 Å². The van der Waals surface area contributed by atoms with Crippen molar-refractivity contribution >= 4 is 23.2 Å². The van der Waals surface area contributed by atoms with Gasteiger partial charge in [-0.15, -0.1) is 11.3 Å². The third-order valence-electron chi connectivity index (χ3n) is 3.22. The first-order valence-electron chi connectivity index (χ1n) is 6.98. The van der Waals surface area contributed by atoms with Gasteiger partial charge in [-0.1, -0.05) is 32.9 Å². The van der Waals surface area contributed by atoms with Gasteiger partial charge in [0.25, 0.3) is 5.91 Å². The first kappa shape index (κ1) is 16.2. The molecule has 0 fully saturated rings. The molecule has 0 unspecified atom stereocenters. The highest BCUT2D eigenvalue weighted by Gasteiger charge is 2.18. The van der Waals surface area contributed by atoms with E-state index in [1.54, 1.807) is 12.1 Å². The first-order chi connectivity index (χ1) is 10.3. The average Bonchev–Trinajstić information content (AvgIpc) is 2.95. The highest BCUT2D eigenvalue weighted by molar-refractivity contribution is 7.14. The molecule has 1 aromatic heterocycles. The summed E-state index contributed by atoms with van der Waals surface area (Å²) in [7, 11) is 0. The van der Waals surface area contributed by atoms with Gasteiger partial charge in [-0.2, -0.15) is 0 Å². The summed E-state index contributed by atoms with van der Waals surface area (Å²) >= 11 is 1.50. The number of carbonyl (C=O) groups is 2. The lowest BCUT2D eigenvalue weighted by Gasteiger charge is -2.15. The van der Waals surface area contributed by atoms with Crippen LogP contribution in [0.15, 0.2) is 36.4 Å². The standard InChI is InChI=1S/C17H19NO3S/c1-17(2,3)14-9-8-13(22-14)15(19)18-10-11-4-6-12(7-5-11)16(20)21/h4-9H,10H2,1-3H3,(H,18,19)(H,20,21). The van der Waals surface area contributed by atoms with E-state index in [0.717, 1.165) is 5.56 Å². The summed E-state index contributed by atoms with van der Waals surface area (Å²) in [4.78, 5) is 24.8. The molecule has 2 aromatic rings. The van der Waals surface area contributed by atoms with Gasteiger partial charge in [-0.3, -0.25) is 4.79 Å². The Hall–Kier alpha value is -2.14. The van der Waals surface area contributed by atoms with E-state index in [4.69, 9.17) is 5.11 Å². The lowest BCUT2D eigenvalue weighted by Crippen LogP contribution is -2.21. The largest absolute Gasteiger partial charge is 0.478 e. The van der Waals surface area contributed by atoms with E-state index in [9.17, 15) is 9.59 Å². The van der Waals surface area contributed by atoms with Crippen LogP contribution in [0.4, 0.5) is 0 Å². The smallest absolute Gasteiger partial charge is 0.335 e. The second-order valence-corrected chi connectivity index (χ2v) is 7.18. The number of nitrogens with one attached hydrogen (secondary N) is 1. The Morgan fingerprint density at radius 3 is 2.23 bits per heavy atom. The fourth-order valence-corrected chi connectivity index (χ4v) is 2.88. The summed E-state index contributed by atoms with van der Waals surface area (Å²) < 4.78 is 0. The monoisotopic (exact) mass is 317 g/mol. The quantitative estimate of drug-likeness (QED) is 0.904. The van der Waals surface area contributed by atoms with E-state index >= 15 is 0 Å². The van der Waals surface area contributed by atoms with Gasteiger partial charge in [0.1, 0.15) is 0 Å². The van der Waals surface area contributed by atoms with Crippen LogP contribution in [-0.2, 0) is 12.0 Å². The van der Waals surface area contributed by atoms with Gasteiger partial charge in [0, 0.05) is 11.4 Å². The number of hydrogen-bond donors (Lipinski definition) is 2. The minimum atomic E-state index is -0.955. The third kappa shape index (κ3) is 3.95. The third-order valence-corrected chi connectivity index (χ3v) is 4.73. The van der Waals surface area contributed by atoms with Gasteiger partial charge in [-0.25, -0.2) is 4.79 Å². The van der Waals surface area contributed by atoms with Crippen molar-refractivity contribution in [3.05, 3.63) is 57.3 Å². The summed E-state index contributed by atoms with van der Waals surface area (Å²) in [5.74, 6) is -1.06. The van der Waals surface area contributed by atoms with Crippen molar-refractivity contribution in [3.63, 3.8) is 0 Å². The van der Waals surface area contributed by atoms with Crippen LogP contribution in [0, 0.1) is 0 Å². The molecule has 0 saturated heterocycles. The predicted molar refractivity (Wildman–Crippen MR) is 87.6 cm³/mol. The van der Waals surface area contributed by atoms with Crippen LogP contribution in [0.2, 0.25) is 0 Å². The minimum Gasteiger partial charge on any atom is -0.478 e. The van der Waals surface area contributed by atoms with Crippen molar-refractivity contribution in [1.29, 1.82) is 0 Å². The highest BCUT2D eigenvalue weighted by atomic mass is 32.1. The van der Waals surface area contributed by atoms with E-state index in [1.165, 1.54) is 28.3 Å². The van der Waals surface area contributed by atoms with Crippen LogP contribution in [0.1, 0.15) is 51.2 Å². The van der Waals surface area contributed by atoms with E-state index in [-0.39, 0.29) is 16.9 Å². The minimum absolute atomic E-state index is 0.0376. The van der Waals surface area contributed by atoms with Crippen LogP contribution in [0.3, 0.4) is 0 Å². The normalized spacial score (nSPS) is 11.2. The Morgan fingerprint density at radius 1 is 1.09 bits per heavy atom.